The van der Waals surface area contributed by atoms with E-state index in [1.54, 1.807) is 4.90 Å². The Bertz CT molecular complexity index is 615. The quantitative estimate of drug-likeness (QED) is 0.875. The van der Waals surface area contributed by atoms with Crippen molar-refractivity contribution < 1.29 is 9.53 Å². The Balaban J connectivity index is 1.76. The molecule has 20 heavy (non-hydrogen) atoms. The van der Waals surface area contributed by atoms with Crippen LogP contribution in [0.4, 0.5) is 9.80 Å². The third kappa shape index (κ3) is 2.72. The van der Waals surface area contributed by atoms with Crippen molar-refractivity contribution in [1.29, 1.82) is 0 Å². The highest BCUT2D eigenvalue weighted by Crippen LogP contribution is 2.24. The number of aromatic nitrogens is 2. The van der Waals surface area contributed by atoms with Crippen LogP contribution in [0.15, 0.2) is 24.4 Å². The van der Waals surface area contributed by atoms with Crippen LogP contribution in [-0.2, 0) is 6.54 Å². The van der Waals surface area contributed by atoms with E-state index in [1.807, 2.05) is 19.1 Å². The number of anilines is 1. The van der Waals surface area contributed by atoms with E-state index < -0.39 is 0 Å². The zero-order chi connectivity index (χ0) is 13.9. The molecule has 0 radical (unpaired) electrons. The van der Waals surface area contributed by atoms with Crippen LogP contribution in [-0.4, -0.2) is 33.7 Å². The lowest BCUT2D eigenvalue weighted by molar-refractivity contribution is 0.200. The molecular formula is C13H14N4O2S. The minimum absolute atomic E-state index is 0.158. The standard InChI is InChI=1S/C13H14N4O2S/c1-9-2-3-11-10(6-9)8-17(4-5-19-11)13(18)15-12-7-14-16-20-12/h2-3,6-7H,4-5,8H2,1H3,(H,15,18). The molecule has 1 aromatic heterocycles. The number of amides is 2. The summed E-state index contributed by atoms with van der Waals surface area (Å²) in [7, 11) is 0. The summed E-state index contributed by atoms with van der Waals surface area (Å²) in [5.41, 5.74) is 2.18. The van der Waals surface area contributed by atoms with Gasteiger partial charge in [-0.1, -0.05) is 22.2 Å². The molecule has 1 aliphatic rings. The molecule has 2 aromatic rings. The minimum Gasteiger partial charge on any atom is -0.491 e. The smallest absolute Gasteiger partial charge is 0.322 e. The van der Waals surface area contributed by atoms with E-state index in [0.29, 0.717) is 24.7 Å². The molecule has 0 fully saturated rings. The average molecular weight is 290 g/mol. The Hall–Kier alpha value is -2.15. The molecule has 3 rings (SSSR count). The lowest BCUT2D eigenvalue weighted by Gasteiger charge is -2.19. The average Bonchev–Trinajstić information content (AvgIpc) is 2.83. The second kappa shape index (κ2) is 5.46. The Morgan fingerprint density at radius 2 is 2.40 bits per heavy atom. The van der Waals surface area contributed by atoms with Crippen molar-refractivity contribution in [2.24, 2.45) is 0 Å². The first-order chi connectivity index (χ1) is 9.72. The van der Waals surface area contributed by atoms with Gasteiger partial charge in [0.2, 0.25) is 0 Å². The Labute approximate surface area is 120 Å². The van der Waals surface area contributed by atoms with E-state index in [1.165, 1.54) is 6.20 Å². The fourth-order valence-corrected chi connectivity index (χ4v) is 2.51. The van der Waals surface area contributed by atoms with Crippen molar-refractivity contribution >= 4 is 22.6 Å². The van der Waals surface area contributed by atoms with Crippen molar-refractivity contribution in [3.8, 4) is 5.75 Å². The monoisotopic (exact) mass is 290 g/mol. The van der Waals surface area contributed by atoms with E-state index in [2.05, 4.69) is 21.0 Å². The molecule has 0 spiro atoms. The summed E-state index contributed by atoms with van der Waals surface area (Å²) in [6, 6.07) is 5.86. The zero-order valence-corrected chi connectivity index (χ0v) is 11.8. The molecule has 1 aliphatic heterocycles. The lowest BCUT2D eigenvalue weighted by Crippen LogP contribution is -2.35. The number of carbonyl (C=O) groups excluding carboxylic acids is 1. The predicted octanol–water partition coefficient (Wildman–Crippen LogP) is 2.27. The van der Waals surface area contributed by atoms with Gasteiger partial charge in [0.15, 0.2) is 0 Å². The zero-order valence-electron chi connectivity index (χ0n) is 11.0. The topological polar surface area (TPSA) is 67.4 Å². The Morgan fingerprint density at radius 3 is 3.20 bits per heavy atom. The maximum atomic E-state index is 12.2. The molecule has 2 heterocycles. The van der Waals surface area contributed by atoms with Gasteiger partial charge in [-0.3, -0.25) is 5.32 Å². The SMILES string of the molecule is Cc1ccc2c(c1)CN(C(=O)Nc1cnns1)CCO2. The van der Waals surface area contributed by atoms with Gasteiger partial charge in [0.05, 0.1) is 19.3 Å². The van der Waals surface area contributed by atoms with Crippen molar-refractivity contribution in [2.75, 3.05) is 18.5 Å². The van der Waals surface area contributed by atoms with Gasteiger partial charge < -0.3 is 9.64 Å². The molecule has 104 valence electrons. The number of benzene rings is 1. The number of hydrogen-bond donors (Lipinski definition) is 1. The highest BCUT2D eigenvalue weighted by Gasteiger charge is 2.20. The van der Waals surface area contributed by atoms with Crippen molar-refractivity contribution in [1.82, 2.24) is 14.5 Å². The summed E-state index contributed by atoms with van der Waals surface area (Å²) < 4.78 is 9.40. The van der Waals surface area contributed by atoms with E-state index in [0.717, 1.165) is 28.4 Å². The van der Waals surface area contributed by atoms with Crippen molar-refractivity contribution in [3.63, 3.8) is 0 Å². The number of fused-ring (bicyclic) bond motifs is 1. The molecule has 0 atom stereocenters. The minimum atomic E-state index is -0.158. The Morgan fingerprint density at radius 1 is 1.50 bits per heavy atom. The molecule has 0 unspecified atom stereocenters. The number of rotatable bonds is 1. The molecule has 1 N–H and O–H groups in total. The van der Waals surface area contributed by atoms with Crippen LogP contribution >= 0.6 is 11.5 Å². The van der Waals surface area contributed by atoms with E-state index in [9.17, 15) is 4.79 Å². The lowest BCUT2D eigenvalue weighted by atomic mass is 10.1. The maximum absolute atomic E-state index is 12.2. The van der Waals surface area contributed by atoms with Gasteiger partial charge in [-0.15, -0.1) is 5.10 Å². The van der Waals surface area contributed by atoms with Gasteiger partial charge in [0.25, 0.3) is 0 Å². The number of carbonyl (C=O) groups is 1. The molecule has 6 nitrogen and oxygen atoms in total. The molecule has 2 amide bonds. The molecule has 7 heteroatoms. The highest BCUT2D eigenvalue weighted by molar-refractivity contribution is 7.10. The largest absolute Gasteiger partial charge is 0.491 e. The summed E-state index contributed by atoms with van der Waals surface area (Å²) in [5.74, 6) is 0.852. The van der Waals surface area contributed by atoms with Crippen LogP contribution < -0.4 is 10.1 Å². The van der Waals surface area contributed by atoms with Crippen LogP contribution in [0, 0.1) is 6.92 Å². The van der Waals surface area contributed by atoms with Gasteiger partial charge >= 0.3 is 6.03 Å². The third-order valence-electron chi connectivity index (χ3n) is 3.07. The van der Waals surface area contributed by atoms with Crippen molar-refractivity contribution in [3.05, 3.63) is 35.5 Å². The number of nitrogens with one attached hydrogen (secondary N) is 1. The van der Waals surface area contributed by atoms with Gasteiger partial charge in [-0.2, -0.15) is 0 Å². The Kier molecular flexibility index (Phi) is 3.51. The van der Waals surface area contributed by atoms with Crippen LogP contribution in [0.5, 0.6) is 5.75 Å². The van der Waals surface area contributed by atoms with Crippen molar-refractivity contribution in [2.45, 2.75) is 13.5 Å². The summed E-state index contributed by atoms with van der Waals surface area (Å²) >= 11 is 1.16. The van der Waals surface area contributed by atoms with Crippen LogP contribution in [0.1, 0.15) is 11.1 Å². The fourth-order valence-electron chi connectivity index (χ4n) is 2.10. The van der Waals surface area contributed by atoms with E-state index >= 15 is 0 Å². The number of nitrogens with zero attached hydrogens (tertiary/aromatic N) is 3. The molecule has 0 bridgehead atoms. The molecule has 0 saturated heterocycles. The summed E-state index contributed by atoms with van der Waals surface area (Å²) in [6.07, 6.45) is 1.54. The summed E-state index contributed by atoms with van der Waals surface area (Å²) in [4.78, 5) is 14.0. The first kappa shape index (κ1) is 12.9. The third-order valence-corrected chi connectivity index (χ3v) is 3.65. The van der Waals surface area contributed by atoms with Gasteiger partial charge in [-0.05, 0) is 13.0 Å². The predicted molar refractivity (Wildman–Crippen MR) is 76.0 cm³/mol. The molecular weight excluding hydrogens is 276 g/mol. The van der Waals surface area contributed by atoms with Gasteiger partial charge in [0, 0.05) is 17.1 Å². The number of urea groups is 1. The highest BCUT2D eigenvalue weighted by atomic mass is 32.1. The number of hydrogen-bond acceptors (Lipinski definition) is 5. The molecule has 1 aromatic carbocycles. The van der Waals surface area contributed by atoms with Crippen LogP contribution in [0.2, 0.25) is 0 Å². The van der Waals surface area contributed by atoms with E-state index in [-0.39, 0.29) is 6.03 Å². The van der Waals surface area contributed by atoms with Crippen LogP contribution in [0.25, 0.3) is 0 Å². The second-order valence-corrected chi connectivity index (χ2v) is 5.38. The number of ether oxygens (including phenoxy) is 1. The normalized spacial score (nSPS) is 14.2. The number of aryl methyl sites for hydroxylation is 1. The van der Waals surface area contributed by atoms with Gasteiger partial charge in [0.1, 0.15) is 17.4 Å². The van der Waals surface area contributed by atoms with Gasteiger partial charge in [-0.25, -0.2) is 4.79 Å². The summed E-state index contributed by atoms with van der Waals surface area (Å²) in [5, 5.41) is 7.13. The molecule has 0 aliphatic carbocycles. The maximum Gasteiger partial charge on any atom is 0.322 e. The van der Waals surface area contributed by atoms with Crippen LogP contribution in [0.3, 0.4) is 0 Å². The first-order valence-corrected chi connectivity index (χ1v) is 7.05. The second-order valence-electron chi connectivity index (χ2n) is 4.59. The fraction of sp³-hybridized carbons (Fsp3) is 0.308. The van der Waals surface area contributed by atoms with E-state index in [4.69, 9.17) is 4.74 Å². The molecule has 0 saturated carbocycles. The summed E-state index contributed by atoms with van der Waals surface area (Å²) in [6.45, 7) is 3.60. The first-order valence-electron chi connectivity index (χ1n) is 6.28.